The van der Waals surface area contributed by atoms with Crippen LogP contribution in [0.2, 0.25) is 0 Å². The molecule has 2 fully saturated rings. The number of amides is 1. The molecule has 0 spiro atoms. The Kier molecular flexibility index (Phi) is 6.73. The zero-order valence-electron chi connectivity index (χ0n) is 19.9. The van der Waals surface area contributed by atoms with Crippen LogP contribution < -0.4 is 10.4 Å². The highest BCUT2D eigenvalue weighted by Gasteiger charge is 2.43. The maximum absolute atomic E-state index is 13.1. The van der Waals surface area contributed by atoms with Gasteiger partial charge in [-0.1, -0.05) is 40.9 Å². The number of piperidine rings is 1. The predicted octanol–water partition coefficient (Wildman–Crippen LogP) is 5.14. The lowest BCUT2D eigenvalue weighted by molar-refractivity contribution is -0.142. The van der Waals surface area contributed by atoms with E-state index in [9.17, 15) is 14.7 Å². The highest BCUT2D eigenvalue weighted by molar-refractivity contribution is 9.10. The quantitative estimate of drug-likeness (QED) is 0.454. The normalized spacial score (nSPS) is 22.1. The molecule has 1 amide bonds. The van der Waals surface area contributed by atoms with Crippen molar-refractivity contribution in [3.63, 3.8) is 0 Å². The molecule has 1 saturated heterocycles. The Morgan fingerprint density at radius 1 is 1.23 bits per heavy atom. The second kappa shape index (κ2) is 9.78. The first kappa shape index (κ1) is 24.1. The molecular formula is C28H30BrNO5. The van der Waals surface area contributed by atoms with Crippen LogP contribution in [0, 0.1) is 12.8 Å². The Morgan fingerprint density at radius 2 is 2.09 bits per heavy atom. The van der Waals surface area contributed by atoms with Crippen LogP contribution >= 0.6 is 15.9 Å². The molecular weight excluding hydrogens is 510 g/mol. The smallest absolute Gasteiger partial charge is 0.340 e. The molecule has 2 atom stereocenters. The first-order valence-corrected chi connectivity index (χ1v) is 13.1. The minimum absolute atomic E-state index is 0.0103. The number of likely N-dealkylation sites (tertiary alicyclic amines) is 1. The molecule has 2 aromatic carbocycles. The Hall–Kier alpha value is -2.64. The standard InChI is InChI=1S/C28H30BrNO5/c1-18-23-9-8-22(34-17-19-5-4-7-21(29)13-19)14-25(23)35-27(32)24(18)15-26(31)30-12-11-28(33)10-3-2-6-20(28)16-30/h4-5,7-9,13-14,20,33H,2-3,6,10-12,15-17H2,1H3/t20-,28+/m1/s1. The third-order valence-electron chi connectivity index (χ3n) is 7.66. The van der Waals surface area contributed by atoms with Gasteiger partial charge in [-0.25, -0.2) is 4.79 Å². The van der Waals surface area contributed by atoms with Gasteiger partial charge in [0.25, 0.3) is 0 Å². The summed E-state index contributed by atoms with van der Waals surface area (Å²) in [6.07, 6.45) is 4.53. The summed E-state index contributed by atoms with van der Waals surface area (Å²) >= 11 is 3.46. The van der Waals surface area contributed by atoms with Gasteiger partial charge in [0.05, 0.1) is 17.6 Å². The lowest BCUT2D eigenvalue weighted by atomic mass is 9.71. The molecule has 2 heterocycles. The molecule has 0 bridgehead atoms. The first-order valence-electron chi connectivity index (χ1n) is 12.3. The number of fused-ring (bicyclic) bond motifs is 2. The molecule has 0 radical (unpaired) electrons. The van der Waals surface area contributed by atoms with Crippen molar-refractivity contribution in [3.8, 4) is 5.75 Å². The van der Waals surface area contributed by atoms with Crippen LogP contribution in [0.4, 0.5) is 0 Å². The Labute approximate surface area is 213 Å². The largest absolute Gasteiger partial charge is 0.489 e. The number of rotatable bonds is 5. The van der Waals surface area contributed by atoms with Crippen molar-refractivity contribution in [2.24, 2.45) is 5.92 Å². The third-order valence-corrected chi connectivity index (χ3v) is 8.15. The summed E-state index contributed by atoms with van der Waals surface area (Å²) in [7, 11) is 0. The van der Waals surface area contributed by atoms with Crippen LogP contribution in [-0.2, 0) is 17.8 Å². The van der Waals surface area contributed by atoms with Crippen LogP contribution in [0.5, 0.6) is 5.75 Å². The molecule has 1 aliphatic heterocycles. The minimum Gasteiger partial charge on any atom is -0.489 e. The van der Waals surface area contributed by atoms with Gasteiger partial charge in [0.15, 0.2) is 0 Å². The molecule has 1 aliphatic carbocycles. The van der Waals surface area contributed by atoms with Crippen LogP contribution in [0.25, 0.3) is 11.0 Å². The molecule has 3 aromatic rings. The molecule has 1 N–H and O–H groups in total. The van der Waals surface area contributed by atoms with E-state index in [1.54, 1.807) is 6.07 Å². The van der Waals surface area contributed by atoms with E-state index in [0.717, 1.165) is 46.7 Å². The maximum atomic E-state index is 13.1. The molecule has 2 aliphatic rings. The van der Waals surface area contributed by atoms with E-state index in [1.807, 2.05) is 48.2 Å². The number of aryl methyl sites for hydroxylation is 1. The number of ether oxygens (including phenoxy) is 1. The van der Waals surface area contributed by atoms with Crippen LogP contribution in [0.3, 0.4) is 0 Å². The molecule has 0 unspecified atom stereocenters. The molecule has 1 saturated carbocycles. The molecule has 184 valence electrons. The lowest BCUT2D eigenvalue weighted by Gasteiger charge is -2.47. The molecule has 1 aromatic heterocycles. The molecule has 5 rings (SSSR count). The van der Waals surface area contributed by atoms with Gasteiger partial charge in [0.1, 0.15) is 17.9 Å². The fourth-order valence-electron chi connectivity index (χ4n) is 5.52. The predicted molar refractivity (Wildman–Crippen MR) is 138 cm³/mol. The number of halogens is 1. The van der Waals surface area contributed by atoms with Crippen molar-refractivity contribution in [1.82, 2.24) is 4.90 Å². The Balaban J connectivity index is 1.31. The fourth-order valence-corrected chi connectivity index (χ4v) is 5.97. The van der Waals surface area contributed by atoms with Crippen molar-refractivity contribution < 1.29 is 19.1 Å². The van der Waals surface area contributed by atoms with E-state index >= 15 is 0 Å². The number of aliphatic hydroxyl groups is 1. The van der Waals surface area contributed by atoms with Crippen molar-refractivity contribution in [3.05, 3.63) is 74.0 Å². The Bertz CT molecular complexity index is 1320. The fraction of sp³-hybridized carbons (Fsp3) is 0.429. The van der Waals surface area contributed by atoms with E-state index in [1.165, 1.54) is 0 Å². The lowest BCUT2D eigenvalue weighted by Crippen LogP contribution is -2.55. The minimum atomic E-state index is -0.635. The summed E-state index contributed by atoms with van der Waals surface area (Å²) in [5, 5.41) is 11.7. The number of carbonyl (C=O) groups is 1. The van der Waals surface area contributed by atoms with Gasteiger partial charge < -0.3 is 19.2 Å². The van der Waals surface area contributed by atoms with E-state index < -0.39 is 11.2 Å². The third kappa shape index (κ3) is 5.02. The van der Waals surface area contributed by atoms with Crippen LogP contribution in [0.1, 0.15) is 48.8 Å². The van der Waals surface area contributed by atoms with Crippen molar-refractivity contribution in [2.75, 3.05) is 13.1 Å². The topological polar surface area (TPSA) is 80.0 Å². The second-order valence-corrected chi connectivity index (χ2v) is 10.8. The van der Waals surface area contributed by atoms with E-state index in [0.29, 0.717) is 43.0 Å². The van der Waals surface area contributed by atoms with Crippen molar-refractivity contribution in [1.29, 1.82) is 0 Å². The summed E-state index contributed by atoms with van der Waals surface area (Å²) in [6.45, 7) is 3.35. The van der Waals surface area contributed by atoms with Crippen LogP contribution in [0.15, 0.2) is 56.1 Å². The van der Waals surface area contributed by atoms with E-state index in [-0.39, 0.29) is 18.2 Å². The summed E-state index contributed by atoms with van der Waals surface area (Å²) in [5.41, 5.74) is 1.50. The number of nitrogens with zero attached hydrogens (tertiary/aromatic N) is 1. The number of carbonyl (C=O) groups excluding carboxylic acids is 1. The van der Waals surface area contributed by atoms with Gasteiger partial charge in [-0.15, -0.1) is 0 Å². The van der Waals surface area contributed by atoms with E-state index in [4.69, 9.17) is 9.15 Å². The summed E-state index contributed by atoms with van der Waals surface area (Å²) < 4.78 is 12.5. The van der Waals surface area contributed by atoms with Gasteiger partial charge in [0.2, 0.25) is 5.91 Å². The zero-order chi connectivity index (χ0) is 24.6. The van der Waals surface area contributed by atoms with Crippen molar-refractivity contribution in [2.45, 2.75) is 57.7 Å². The second-order valence-electron chi connectivity index (χ2n) is 9.88. The average molecular weight is 540 g/mol. The number of benzene rings is 2. The van der Waals surface area contributed by atoms with Crippen molar-refractivity contribution >= 4 is 32.8 Å². The summed E-state index contributed by atoms with van der Waals surface area (Å²) in [4.78, 5) is 27.8. The van der Waals surface area contributed by atoms with Gasteiger partial charge in [-0.05, 0) is 61.6 Å². The van der Waals surface area contributed by atoms with Crippen LogP contribution in [-0.4, -0.2) is 34.6 Å². The van der Waals surface area contributed by atoms with Gasteiger partial charge >= 0.3 is 5.63 Å². The highest BCUT2D eigenvalue weighted by Crippen LogP contribution is 2.40. The molecule has 35 heavy (non-hydrogen) atoms. The summed E-state index contributed by atoms with van der Waals surface area (Å²) in [5.74, 6) is 0.650. The monoisotopic (exact) mass is 539 g/mol. The zero-order valence-corrected chi connectivity index (χ0v) is 21.5. The maximum Gasteiger partial charge on any atom is 0.340 e. The number of hydrogen-bond donors (Lipinski definition) is 1. The Morgan fingerprint density at radius 3 is 2.91 bits per heavy atom. The first-order chi connectivity index (χ1) is 16.8. The SMILES string of the molecule is Cc1c(CC(=O)N2CC[C@@]3(O)CCCC[C@@H]3C2)c(=O)oc2cc(OCc3cccc(Br)c3)ccc12. The number of hydrogen-bond acceptors (Lipinski definition) is 5. The summed E-state index contributed by atoms with van der Waals surface area (Å²) in [6, 6.07) is 13.3. The van der Waals surface area contributed by atoms with Gasteiger partial charge in [0, 0.05) is 34.9 Å². The average Bonchev–Trinajstić information content (AvgIpc) is 2.84. The molecule has 7 heteroatoms. The van der Waals surface area contributed by atoms with Gasteiger partial charge in [-0.2, -0.15) is 0 Å². The van der Waals surface area contributed by atoms with Gasteiger partial charge in [-0.3, -0.25) is 4.79 Å². The molecule has 6 nitrogen and oxygen atoms in total. The van der Waals surface area contributed by atoms with E-state index in [2.05, 4.69) is 15.9 Å². The highest BCUT2D eigenvalue weighted by atomic mass is 79.9.